The number of anilines is 1. The third kappa shape index (κ3) is 3.01. The lowest BCUT2D eigenvalue weighted by Gasteiger charge is -2.19. The first kappa shape index (κ1) is 14.3. The molecule has 0 bridgehead atoms. The zero-order valence-electron chi connectivity index (χ0n) is 12.8. The molecule has 3 aromatic rings. The topological polar surface area (TPSA) is 51.0 Å². The summed E-state index contributed by atoms with van der Waals surface area (Å²) < 4.78 is 5.62. The van der Waals surface area contributed by atoms with Crippen molar-refractivity contribution >= 4 is 5.82 Å². The summed E-state index contributed by atoms with van der Waals surface area (Å²) in [4.78, 5) is 8.83. The molecule has 0 spiro atoms. The predicted molar refractivity (Wildman–Crippen MR) is 86.8 cm³/mol. The van der Waals surface area contributed by atoms with E-state index >= 15 is 0 Å². The van der Waals surface area contributed by atoms with Crippen LogP contribution in [0.25, 0.3) is 0 Å². The van der Waals surface area contributed by atoms with Crippen LogP contribution in [0.3, 0.4) is 0 Å². The van der Waals surface area contributed by atoms with Crippen molar-refractivity contribution < 1.29 is 4.42 Å². The van der Waals surface area contributed by atoms with Crippen LogP contribution in [0.4, 0.5) is 5.82 Å². The maximum absolute atomic E-state index is 5.62. The van der Waals surface area contributed by atoms with Crippen LogP contribution in [0.2, 0.25) is 0 Å². The molecule has 3 rings (SSSR count). The van der Waals surface area contributed by atoms with E-state index in [2.05, 4.69) is 34.3 Å². The van der Waals surface area contributed by atoms with Crippen molar-refractivity contribution in [1.29, 1.82) is 0 Å². The van der Waals surface area contributed by atoms with Gasteiger partial charge in [0, 0.05) is 11.8 Å². The van der Waals surface area contributed by atoms with Crippen LogP contribution >= 0.6 is 0 Å². The van der Waals surface area contributed by atoms with Crippen molar-refractivity contribution in [3.05, 3.63) is 77.6 Å². The summed E-state index contributed by atoms with van der Waals surface area (Å²) >= 11 is 0. The molecule has 4 heteroatoms. The van der Waals surface area contributed by atoms with Crippen LogP contribution in [0.1, 0.15) is 35.7 Å². The molecule has 0 aliphatic carbocycles. The molecular weight excluding hydrogens is 274 g/mol. The van der Waals surface area contributed by atoms with Gasteiger partial charge in [0.25, 0.3) is 0 Å². The number of aromatic nitrogens is 2. The second-order valence-corrected chi connectivity index (χ2v) is 5.15. The van der Waals surface area contributed by atoms with Gasteiger partial charge in [0.15, 0.2) is 0 Å². The quantitative estimate of drug-likeness (QED) is 0.768. The molecular formula is C18H19N3O. The number of furan rings is 1. The molecule has 1 aromatic carbocycles. The lowest BCUT2D eigenvalue weighted by atomic mass is 10.0. The highest BCUT2D eigenvalue weighted by Gasteiger charge is 2.18. The van der Waals surface area contributed by atoms with E-state index in [0.29, 0.717) is 0 Å². The minimum atomic E-state index is -0.0733. The minimum absolute atomic E-state index is 0.0733. The number of nitrogens with zero attached hydrogens (tertiary/aromatic N) is 2. The third-order valence-corrected chi connectivity index (χ3v) is 3.61. The number of rotatable bonds is 5. The number of hydrogen-bond donors (Lipinski definition) is 1. The predicted octanol–water partition coefficient (Wildman–Crippen LogP) is 4.14. The van der Waals surface area contributed by atoms with E-state index < -0.39 is 0 Å². The summed E-state index contributed by atoms with van der Waals surface area (Å²) in [5.74, 6) is 2.48. The van der Waals surface area contributed by atoms with Crippen molar-refractivity contribution in [3.8, 4) is 0 Å². The van der Waals surface area contributed by atoms with E-state index in [0.717, 1.165) is 35.0 Å². The van der Waals surface area contributed by atoms with Gasteiger partial charge in [-0.15, -0.1) is 0 Å². The molecule has 0 saturated heterocycles. The molecule has 4 nitrogen and oxygen atoms in total. The molecule has 1 N–H and O–H groups in total. The molecule has 2 aromatic heterocycles. The third-order valence-electron chi connectivity index (χ3n) is 3.61. The Morgan fingerprint density at radius 1 is 1.14 bits per heavy atom. The molecule has 0 saturated carbocycles. The molecule has 0 radical (unpaired) electrons. The highest BCUT2D eigenvalue weighted by atomic mass is 16.3. The summed E-state index contributed by atoms with van der Waals surface area (Å²) in [7, 11) is 0. The van der Waals surface area contributed by atoms with Crippen molar-refractivity contribution in [3.63, 3.8) is 0 Å². The lowest BCUT2D eigenvalue weighted by molar-refractivity contribution is 0.498. The van der Waals surface area contributed by atoms with Gasteiger partial charge in [-0.2, -0.15) is 0 Å². The Morgan fingerprint density at radius 2 is 1.95 bits per heavy atom. The van der Waals surface area contributed by atoms with Crippen LogP contribution < -0.4 is 5.32 Å². The summed E-state index contributed by atoms with van der Waals surface area (Å²) in [5.41, 5.74) is 2.23. The van der Waals surface area contributed by atoms with Crippen LogP contribution in [-0.4, -0.2) is 9.97 Å². The van der Waals surface area contributed by atoms with Gasteiger partial charge < -0.3 is 9.73 Å². The van der Waals surface area contributed by atoms with Crippen molar-refractivity contribution in [2.24, 2.45) is 0 Å². The molecule has 112 valence electrons. The van der Waals surface area contributed by atoms with Gasteiger partial charge in [0.05, 0.1) is 6.26 Å². The van der Waals surface area contributed by atoms with Crippen molar-refractivity contribution in [1.82, 2.24) is 9.97 Å². The summed E-state index contributed by atoms with van der Waals surface area (Å²) in [5, 5.41) is 3.51. The summed E-state index contributed by atoms with van der Waals surface area (Å²) in [6.45, 7) is 4.00. The molecule has 2 heterocycles. The molecule has 1 atom stereocenters. The average molecular weight is 293 g/mol. The Bertz CT molecular complexity index is 723. The highest BCUT2D eigenvalue weighted by Crippen LogP contribution is 2.27. The number of benzene rings is 1. The molecule has 22 heavy (non-hydrogen) atoms. The average Bonchev–Trinajstić information content (AvgIpc) is 3.08. The standard InChI is InChI=1S/C18H19N3O/c1-3-14-12-19-13(2)20-18(14)21-17(16-10-7-11-22-16)15-8-5-4-6-9-15/h4-12,17H,3H2,1-2H3,(H,19,20,21). The number of nitrogens with one attached hydrogen (secondary N) is 1. The monoisotopic (exact) mass is 293 g/mol. The molecule has 0 amide bonds. The Morgan fingerprint density at radius 3 is 2.64 bits per heavy atom. The van der Waals surface area contributed by atoms with Crippen LogP contribution in [-0.2, 0) is 6.42 Å². The maximum atomic E-state index is 5.62. The second-order valence-electron chi connectivity index (χ2n) is 5.15. The Balaban J connectivity index is 2.00. The van der Waals surface area contributed by atoms with Crippen LogP contribution in [0.5, 0.6) is 0 Å². The van der Waals surface area contributed by atoms with E-state index in [-0.39, 0.29) is 6.04 Å². The fourth-order valence-corrected chi connectivity index (χ4v) is 2.44. The molecule has 0 fully saturated rings. The maximum Gasteiger partial charge on any atom is 0.133 e. The Kier molecular flexibility index (Phi) is 4.19. The largest absolute Gasteiger partial charge is 0.467 e. The SMILES string of the molecule is CCc1cnc(C)nc1NC(c1ccccc1)c1ccco1. The van der Waals surface area contributed by atoms with Crippen LogP contribution in [0, 0.1) is 6.92 Å². The molecule has 0 aliphatic heterocycles. The smallest absolute Gasteiger partial charge is 0.133 e. The minimum Gasteiger partial charge on any atom is -0.467 e. The molecule has 1 unspecified atom stereocenters. The van der Waals surface area contributed by atoms with E-state index in [1.165, 1.54) is 0 Å². The van der Waals surface area contributed by atoms with E-state index in [4.69, 9.17) is 4.42 Å². The van der Waals surface area contributed by atoms with E-state index in [1.807, 2.05) is 43.5 Å². The van der Waals surface area contributed by atoms with Gasteiger partial charge in [-0.3, -0.25) is 0 Å². The lowest BCUT2D eigenvalue weighted by Crippen LogP contribution is -2.14. The van der Waals surface area contributed by atoms with Gasteiger partial charge in [-0.25, -0.2) is 9.97 Å². The fourth-order valence-electron chi connectivity index (χ4n) is 2.44. The first-order valence-corrected chi connectivity index (χ1v) is 7.45. The van der Waals surface area contributed by atoms with E-state index in [9.17, 15) is 0 Å². The first-order valence-electron chi connectivity index (χ1n) is 7.45. The Labute approximate surface area is 130 Å². The van der Waals surface area contributed by atoms with Crippen molar-refractivity contribution in [2.45, 2.75) is 26.3 Å². The number of aryl methyl sites for hydroxylation is 2. The van der Waals surface area contributed by atoms with Crippen molar-refractivity contribution in [2.75, 3.05) is 5.32 Å². The second kappa shape index (κ2) is 6.43. The molecule has 0 aliphatic rings. The van der Waals surface area contributed by atoms with Gasteiger partial charge in [0.1, 0.15) is 23.4 Å². The zero-order chi connectivity index (χ0) is 15.4. The van der Waals surface area contributed by atoms with Crippen LogP contribution in [0.15, 0.2) is 59.3 Å². The highest BCUT2D eigenvalue weighted by molar-refractivity contribution is 5.47. The van der Waals surface area contributed by atoms with Gasteiger partial charge in [-0.1, -0.05) is 37.3 Å². The van der Waals surface area contributed by atoms with Gasteiger partial charge in [0.2, 0.25) is 0 Å². The van der Waals surface area contributed by atoms with E-state index in [1.54, 1.807) is 6.26 Å². The van der Waals surface area contributed by atoms with Gasteiger partial charge >= 0.3 is 0 Å². The first-order chi connectivity index (χ1) is 10.8. The number of hydrogen-bond acceptors (Lipinski definition) is 4. The fraction of sp³-hybridized carbons (Fsp3) is 0.222. The normalized spacial score (nSPS) is 12.1. The zero-order valence-corrected chi connectivity index (χ0v) is 12.8. The summed E-state index contributed by atoms with van der Waals surface area (Å²) in [6, 6.07) is 14.0. The summed E-state index contributed by atoms with van der Waals surface area (Å²) in [6.07, 6.45) is 4.45. The van der Waals surface area contributed by atoms with Gasteiger partial charge in [-0.05, 0) is 31.0 Å². The Hall–Kier alpha value is -2.62.